The van der Waals surface area contributed by atoms with Crippen molar-refractivity contribution in [2.75, 3.05) is 11.9 Å². The Labute approximate surface area is 147 Å². The monoisotopic (exact) mass is 331 g/mol. The largest absolute Gasteiger partial charge is 0.478 e. The van der Waals surface area contributed by atoms with E-state index in [2.05, 4.69) is 24.4 Å². The quantitative estimate of drug-likeness (QED) is 0.312. The SMILES string of the molecule is CCCCCCCCC/C=C/CCCNc1cccc(C(=O)O)c1. The van der Waals surface area contributed by atoms with Crippen molar-refractivity contribution in [3.05, 3.63) is 42.0 Å². The first-order valence-corrected chi connectivity index (χ1v) is 9.46. The Bertz CT molecular complexity index is 482. The third-order valence-electron chi connectivity index (χ3n) is 4.13. The van der Waals surface area contributed by atoms with Crippen LogP contribution in [-0.4, -0.2) is 17.6 Å². The molecule has 0 atom stereocenters. The molecule has 0 radical (unpaired) electrons. The second kappa shape index (κ2) is 13.6. The first-order chi connectivity index (χ1) is 11.7. The number of hydrogen-bond donors (Lipinski definition) is 2. The molecule has 134 valence electrons. The van der Waals surface area contributed by atoms with Crippen molar-refractivity contribution in [2.24, 2.45) is 0 Å². The molecular weight excluding hydrogens is 298 g/mol. The average Bonchev–Trinajstić information content (AvgIpc) is 2.59. The van der Waals surface area contributed by atoms with Gasteiger partial charge in [-0.3, -0.25) is 0 Å². The lowest BCUT2D eigenvalue weighted by atomic mass is 10.1. The van der Waals surface area contributed by atoms with Gasteiger partial charge in [0.2, 0.25) is 0 Å². The van der Waals surface area contributed by atoms with Gasteiger partial charge in [0.05, 0.1) is 5.56 Å². The van der Waals surface area contributed by atoms with Crippen molar-refractivity contribution >= 4 is 11.7 Å². The van der Waals surface area contributed by atoms with Gasteiger partial charge in [-0.15, -0.1) is 0 Å². The maximum Gasteiger partial charge on any atom is 0.335 e. The number of nitrogens with one attached hydrogen (secondary N) is 1. The zero-order chi connectivity index (χ0) is 17.5. The third-order valence-corrected chi connectivity index (χ3v) is 4.13. The standard InChI is InChI=1S/C21H33NO2/c1-2-3-4-5-6-7-8-9-10-11-12-13-17-22-20-16-14-15-19(18-20)21(23)24/h10-11,14-16,18,22H,2-9,12-13,17H2,1H3,(H,23,24)/b11-10+. The molecule has 1 aromatic rings. The lowest BCUT2D eigenvalue weighted by molar-refractivity contribution is 0.0697. The van der Waals surface area contributed by atoms with E-state index < -0.39 is 5.97 Å². The Morgan fingerprint density at radius 2 is 1.67 bits per heavy atom. The van der Waals surface area contributed by atoms with Crippen LogP contribution in [-0.2, 0) is 0 Å². The third kappa shape index (κ3) is 10.1. The van der Waals surface area contributed by atoms with Crippen LogP contribution >= 0.6 is 0 Å². The Morgan fingerprint density at radius 1 is 1.00 bits per heavy atom. The summed E-state index contributed by atoms with van der Waals surface area (Å²) in [6.07, 6.45) is 17.4. The fraction of sp³-hybridized carbons (Fsp3) is 0.571. The number of anilines is 1. The number of unbranched alkanes of at least 4 members (excludes halogenated alkanes) is 8. The van der Waals surface area contributed by atoms with Crippen LogP contribution in [0.5, 0.6) is 0 Å². The molecule has 0 saturated carbocycles. The van der Waals surface area contributed by atoms with Crippen LogP contribution in [0.25, 0.3) is 0 Å². The summed E-state index contributed by atoms with van der Waals surface area (Å²) in [5.74, 6) is -0.882. The summed E-state index contributed by atoms with van der Waals surface area (Å²) >= 11 is 0. The average molecular weight is 332 g/mol. The highest BCUT2D eigenvalue weighted by atomic mass is 16.4. The summed E-state index contributed by atoms with van der Waals surface area (Å²) in [7, 11) is 0. The first kappa shape index (κ1) is 20.3. The van der Waals surface area contributed by atoms with E-state index in [9.17, 15) is 4.79 Å². The van der Waals surface area contributed by atoms with E-state index in [0.717, 1.165) is 25.1 Å². The van der Waals surface area contributed by atoms with Crippen LogP contribution in [0, 0.1) is 0 Å². The predicted molar refractivity (Wildman–Crippen MR) is 103 cm³/mol. The summed E-state index contributed by atoms with van der Waals surface area (Å²) in [6.45, 7) is 3.12. The molecule has 0 heterocycles. The Kier molecular flexibility index (Phi) is 11.5. The molecular formula is C21H33NO2. The van der Waals surface area contributed by atoms with Crippen LogP contribution in [0.4, 0.5) is 5.69 Å². The van der Waals surface area contributed by atoms with Gasteiger partial charge >= 0.3 is 5.97 Å². The Hall–Kier alpha value is -1.77. The van der Waals surface area contributed by atoms with Crippen LogP contribution < -0.4 is 5.32 Å². The number of allylic oxidation sites excluding steroid dienone is 2. The second-order valence-electron chi connectivity index (χ2n) is 6.34. The molecule has 0 aliphatic heterocycles. The molecule has 0 spiro atoms. The molecule has 0 bridgehead atoms. The van der Waals surface area contributed by atoms with Gasteiger partial charge in [0.1, 0.15) is 0 Å². The summed E-state index contributed by atoms with van der Waals surface area (Å²) < 4.78 is 0. The van der Waals surface area contributed by atoms with Gasteiger partial charge in [0, 0.05) is 12.2 Å². The molecule has 1 aromatic carbocycles. The number of aromatic carboxylic acids is 1. The van der Waals surface area contributed by atoms with Crippen LogP contribution in [0.3, 0.4) is 0 Å². The summed E-state index contributed by atoms with van der Waals surface area (Å²) in [4.78, 5) is 10.9. The van der Waals surface area contributed by atoms with Crippen LogP contribution in [0.1, 0.15) is 81.5 Å². The molecule has 0 aliphatic carbocycles. The van der Waals surface area contributed by atoms with Crippen LogP contribution in [0.2, 0.25) is 0 Å². The highest BCUT2D eigenvalue weighted by Gasteiger charge is 2.02. The van der Waals surface area contributed by atoms with Gasteiger partial charge < -0.3 is 10.4 Å². The fourth-order valence-electron chi connectivity index (χ4n) is 2.67. The summed E-state index contributed by atoms with van der Waals surface area (Å²) in [5, 5.41) is 12.2. The lowest BCUT2D eigenvalue weighted by Gasteiger charge is -2.06. The van der Waals surface area contributed by atoms with E-state index in [-0.39, 0.29) is 0 Å². The molecule has 1 rings (SSSR count). The molecule has 0 amide bonds. The number of carbonyl (C=O) groups is 1. The van der Waals surface area contributed by atoms with Crippen molar-refractivity contribution in [1.82, 2.24) is 0 Å². The Balaban J connectivity index is 1.98. The number of benzene rings is 1. The molecule has 0 aromatic heterocycles. The van der Waals surface area contributed by atoms with E-state index in [4.69, 9.17) is 5.11 Å². The maximum absolute atomic E-state index is 10.9. The number of carboxylic acid groups (broad SMARTS) is 1. The van der Waals surface area contributed by atoms with E-state index in [1.807, 2.05) is 6.07 Å². The van der Waals surface area contributed by atoms with E-state index in [0.29, 0.717) is 5.56 Å². The minimum atomic E-state index is -0.882. The smallest absolute Gasteiger partial charge is 0.335 e. The number of rotatable bonds is 14. The molecule has 2 N–H and O–H groups in total. The van der Waals surface area contributed by atoms with Gasteiger partial charge in [-0.2, -0.15) is 0 Å². The fourth-order valence-corrected chi connectivity index (χ4v) is 2.67. The topological polar surface area (TPSA) is 49.3 Å². The van der Waals surface area contributed by atoms with Gasteiger partial charge in [0.25, 0.3) is 0 Å². The molecule has 3 heteroatoms. The predicted octanol–water partition coefficient (Wildman–Crippen LogP) is 6.27. The minimum Gasteiger partial charge on any atom is -0.478 e. The zero-order valence-corrected chi connectivity index (χ0v) is 15.1. The van der Waals surface area contributed by atoms with Crippen molar-refractivity contribution < 1.29 is 9.90 Å². The van der Waals surface area contributed by atoms with Gasteiger partial charge in [-0.1, -0.05) is 63.7 Å². The summed E-state index contributed by atoms with van der Waals surface area (Å²) in [5.41, 5.74) is 1.21. The molecule has 3 nitrogen and oxygen atoms in total. The summed E-state index contributed by atoms with van der Waals surface area (Å²) in [6, 6.07) is 6.97. The number of carboxylic acids is 1. The highest BCUT2D eigenvalue weighted by Crippen LogP contribution is 2.11. The normalized spacial score (nSPS) is 11.0. The van der Waals surface area contributed by atoms with Gasteiger partial charge in [-0.25, -0.2) is 4.79 Å². The van der Waals surface area contributed by atoms with Crippen molar-refractivity contribution in [3.63, 3.8) is 0 Å². The van der Waals surface area contributed by atoms with Crippen molar-refractivity contribution in [1.29, 1.82) is 0 Å². The van der Waals surface area contributed by atoms with E-state index in [1.165, 1.54) is 51.4 Å². The zero-order valence-electron chi connectivity index (χ0n) is 15.1. The molecule has 0 saturated heterocycles. The lowest BCUT2D eigenvalue weighted by Crippen LogP contribution is -2.03. The molecule has 0 fully saturated rings. The maximum atomic E-state index is 10.9. The van der Waals surface area contributed by atoms with Crippen LogP contribution in [0.15, 0.2) is 36.4 Å². The first-order valence-electron chi connectivity index (χ1n) is 9.46. The van der Waals surface area contributed by atoms with Crippen molar-refractivity contribution in [2.45, 2.75) is 71.1 Å². The Morgan fingerprint density at radius 3 is 2.38 bits per heavy atom. The molecule has 0 aliphatic rings. The number of hydrogen-bond acceptors (Lipinski definition) is 2. The van der Waals surface area contributed by atoms with Crippen molar-refractivity contribution in [3.8, 4) is 0 Å². The van der Waals surface area contributed by atoms with Gasteiger partial charge in [0.15, 0.2) is 0 Å². The van der Waals surface area contributed by atoms with E-state index in [1.54, 1.807) is 18.2 Å². The molecule has 24 heavy (non-hydrogen) atoms. The molecule has 0 unspecified atom stereocenters. The minimum absolute atomic E-state index is 0.328. The highest BCUT2D eigenvalue weighted by molar-refractivity contribution is 5.88. The van der Waals surface area contributed by atoms with Gasteiger partial charge in [-0.05, 0) is 43.9 Å². The van der Waals surface area contributed by atoms with E-state index >= 15 is 0 Å². The second-order valence-corrected chi connectivity index (χ2v) is 6.34.